The van der Waals surface area contributed by atoms with E-state index in [1.165, 1.54) is 22.3 Å². The minimum Gasteiger partial charge on any atom is -0.393 e. The van der Waals surface area contributed by atoms with E-state index in [1.54, 1.807) is 13.1 Å². The maximum Gasteiger partial charge on any atom is 0.0681 e. The van der Waals surface area contributed by atoms with Crippen molar-refractivity contribution in [1.29, 1.82) is 0 Å². The van der Waals surface area contributed by atoms with E-state index in [4.69, 9.17) is 4.74 Å². The molecule has 3 nitrogen and oxygen atoms in total. The van der Waals surface area contributed by atoms with Crippen molar-refractivity contribution < 1.29 is 9.84 Å². The monoisotopic (exact) mass is 325 g/mol. The number of nitrogens with zero attached hydrogens (tertiary/aromatic N) is 1. The highest BCUT2D eigenvalue weighted by Crippen LogP contribution is 2.13. The topological polar surface area (TPSA) is 42.4 Å². The molecule has 0 saturated carbocycles. The van der Waals surface area contributed by atoms with E-state index >= 15 is 0 Å². The minimum absolute atomic E-state index is 0.0650. The Morgan fingerprint density at radius 2 is 1.92 bits per heavy atom. The van der Waals surface area contributed by atoms with E-state index in [-0.39, 0.29) is 12.2 Å². The Morgan fingerprint density at radius 1 is 1.17 bits per heavy atom. The Morgan fingerprint density at radius 3 is 2.54 bits per heavy atom. The zero-order valence-electron chi connectivity index (χ0n) is 14.8. The fraction of sp³-hybridized carbons (Fsp3) is 0.381. The van der Waals surface area contributed by atoms with Crippen molar-refractivity contribution in [3.8, 4) is 0 Å². The lowest BCUT2D eigenvalue weighted by molar-refractivity contribution is 0.0415. The van der Waals surface area contributed by atoms with Gasteiger partial charge in [-0.05, 0) is 61.9 Å². The molecule has 0 aliphatic carbocycles. The third-order valence-corrected chi connectivity index (χ3v) is 3.79. The first-order chi connectivity index (χ1) is 11.5. The molecule has 1 aromatic heterocycles. The van der Waals surface area contributed by atoms with Gasteiger partial charge in [-0.25, -0.2) is 0 Å². The van der Waals surface area contributed by atoms with Crippen LogP contribution in [-0.4, -0.2) is 28.9 Å². The Labute approximate surface area is 145 Å². The number of aromatic nitrogens is 1. The molecule has 1 aromatic carbocycles. The first-order valence-electron chi connectivity index (χ1n) is 8.47. The molecule has 2 atom stereocenters. The standard InChI is InChI=1S/C21H27NO2/c1-16(15-24-18(3)12-17(2)23)11-19-6-8-20(9-7-19)13-21-5-4-10-22-14-21/h4-11,14,17-18,23H,12-13,15H2,1-3H3/b16-11+. The maximum absolute atomic E-state index is 9.36. The number of pyridine rings is 1. The molecule has 3 heteroatoms. The summed E-state index contributed by atoms with van der Waals surface area (Å²) < 4.78 is 5.75. The van der Waals surface area contributed by atoms with Crippen LogP contribution in [-0.2, 0) is 11.2 Å². The van der Waals surface area contributed by atoms with Crippen molar-refractivity contribution in [2.24, 2.45) is 0 Å². The lowest BCUT2D eigenvalue weighted by Gasteiger charge is -2.14. The maximum atomic E-state index is 9.36. The van der Waals surface area contributed by atoms with Crippen LogP contribution in [0.5, 0.6) is 0 Å². The fourth-order valence-electron chi connectivity index (χ4n) is 2.62. The van der Waals surface area contributed by atoms with Crippen LogP contribution in [0.25, 0.3) is 6.08 Å². The summed E-state index contributed by atoms with van der Waals surface area (Å²) >= 11 is 0. The summed E-state index contributed by atoms with van der Waals surface area (Å²) in [6.07, 6.45) is 7.15. The van der Waals surface area contributed by atoms with E-state index in [2.05, 4.69) is 48.3 Å². The zero-order valence-corrected chi connectivity index (χ0v) is 14.8. The van der Waals surface area contributed by atoms with Crippen LogP contribution in [0.3, 0.4) is 0 Å². The lowest BCUT2D eigenvalue weighted by atomic mass is 10.0. The predicted octanol–water partition coefficient (Wildman–Crippen LogP) is 4.25. The van der Waals surface area contributed by atoms with Crippen molar-refractivity contribution in [2.45, 2.75) is 45.8 Å². The molecule has 0 amide bonds. The Hall–Kier alpha value is -1.97. The molecule has 0 bridgehead atoms. The van der Waals surface area contributed by atoms with Gasteiger partial charge in [0.2, 0.25) is 0 Å². The van der Waals surface area contributed by atoms with Gasteiger partial charge >= 0.3 is 0 Å². The average molecular weight is 325 g/mol. The van der Waals surface area contributed by atoms with Gasteiger partial charge in [0.15, 0.2) is 0 Å². The summed E-state index contributed by atoms with van der Waals surface area (Å²) in [6, 6.07) is 12.6. The molecular weight excluding hydrogens is 298 g/mol. The third kappa shape index (κ3) is 6.65. The second-order valence-electron chi connectivity index (χ2n) is 6.48. The van der Waals surface area contributed by atoms with Gasteiger partial charge in [0, 0.05) is 12.4 Å². The van der Waals surface area contributed by atoms with Gasteiger partial charge in [-0.3, -0.25) is 4.98 Å². The SMILES string of the molecule is C/C(=C\c1ccc(Cc2cccnc2)cc1)COC(C)CC(C)O. The molecule has 1 N–H and O–H groups in total. The number of hydrogen-bond donors (Lipinski definition) is 1. The second-order valence-corrected chi connectivity index (χ2v) is 6.48. The van der Waals surface area contributed by atoms with E-state index in [0.29, 0.717) is 13.0 Å². The number of ether oxygens (including phenoxy) is 1. The van der Waals surface area contributed by atoms with Crippen LogP contribution in [0.4, 0.5) is 0 Å². The molecule has 2 rings (SSSR count). The summed E-state index contributed by atoms with van der Waals surface area (Å²) in [6.45, 7) is 6.44. The highest BCUT2D eigenvalue weighted by Gasteiger charge is 2.06. The molecule has 2 aromatic rings. The van der Waals surface area contributed by atoms with Crippen molar-refractivity contribution >= 4 is 6.08 Å². The minimum atomic E-state index is -0.323. The van der Waals surface area contributed by atoms with Gasteiger partial charge in [0.1, 0.15) is 0 Å². The quantitative estimate of drug-likeness (QED) is 0.789. The van der Waals surface area contributed by atoms with Crippen LogP contribution in [0.15, 0.2) is 54.4 Å². The third-order valence-electron chi connectivity index (χ3n) is 3.79. The van der Waals surface area contributed by atoms with E-state index < -0.39 is 0 Å². The molecule has 0 radical (unpaired) electrons. The second kappa shape index (κ2) is 9.36. The molecule has 0 fully saturated rings. The molecule has 0 saturated heterocycles. The summed E-state index contributed by atoms with van der Waals surface area (Å²) in [4.78, 5) is 4.15. The van der Waals surface area contributed by atoms with Gasteiger partial charge < -0.3 is 9.84 Å². The molecule has 0 spiro atoms. The number of aliphatic hydroxyl groups excluding tert-OH is 1. The van der Waals surface area contributed by atoms with E-state index in [1.807, 2.05) is 19.2 Å². The van der Waals surface area contributed by atoms with Crippen molar-refractivity contribution in [3.05, 3.63) is 71.1 Å². The molecular formula is C21H27NO2. The van der Waals surface area contributed by atoms with E-state index in [9.17, 15) is 5.11 Å². The molecule has 2 unspecified atom stereocenters. The van der Waals surface area contributed by atoms with Gasteiger partial charge in [-0.2, -0.15) is 0 Å². The van der Waals surface area contributed by atoms with Gasteiger partial charge in [0.05, 0.1) is 18.8 Å². The fourth-order valence-corrected chi connectivity index (χ4v) is 2.62. The summed E-state index contributed by atoms with van der Waals surface area (Å²) in [5.74, 6) is 0. The molecule has 24 heavy (non-hydrogen) atoms. The van der Waals surface area contributed by atoms with Crippen molar-refractivity contribution in [2.75, 3.05) is 6.61 Å². The highest BCUT2D eigenvalue weighted by atomic mass is 16.5. The van der Waals surface area contributed by atoms with Crippen molar-refractivity contribution in [3.63, 3.8) is 0 Å². The molecule has 1 heterocycles. The van der Waals surface area contributed by atoms with Gasteiger partial charge in [-0.15, -0.1) is 0 Å². The number of aliphatic hydroxyl groups is 1. The molecule has 128 valence electrons. The summed E-state index contributed by atoms with van der Waals surface area (Å²) in [5.41, 5.74) is 4.85. The van der Waals surface area contributed by atoms with Crippen LogP contribution in [0.1, 0.15) is 43.9 Å². The normalized spacial score (nSPS) is 14.4. The van der Waals surface area contributed by atoms with Crippen molar-refractivity contribution in [1.82, 2.24) is 4.98 Å². The van der Waals surface area contributed by atoms with Crippen LogP contribution >= 0.6 is 0 Å². The first kappa shape index (κ1) is 18.4. The first-order valence-corrected chi connectivity index (χ1v) is 8.47. The number of benzene rings is 1. The Kier molecular flexibility index (Phi) is 7.16. The molecule has 0 aliphatic heterocycles. The Bertz CT molecular complexity index is 633. The average Bonchev–Trinajstić information content (AvgIpc) is 2.55. The Balaban J connectivity index is 1.88. The highest BCUT2D eigenvalue weighted by molar-refractivity contribution is 5.53. The van der Waals surface area contributed by atoms with Gasteiger partial charge in [0.25, 0.3) is 0 Å². The van der Waals surface area contributed by atoms with Gasteiger partial charge in [-0.1, -0.05) is 36.4 Å². The zero-order chi connectivity index (χ0) is 17.4. The smallest absolute Gasteiger partial charge is 0.0681 e. The summed E-state index contributed by atoms with van der Waals surface area (Å²) in [7, 11) is 0. The van der Waals surface area contributed by atoms with E-state index in [0.717, 1.165) is 6.42 Å². The summed E-state index contributed by atoms with van der Waals surface area (Å²) in [5, 5.41) is 9.36. The van der Waals surface area contributed by atoms with Crippen LogP contribution in [0.2, 0.25) is 0 Å². The molecule has 0 aliphatic rings. The lowest BCUT2D eigenvalue weighted by Crippen LogP contribution is -2.16. The largest absolute Gasteiger partial charge is 0.393 e. The predicted molar refractivity (Wildman–Crippen MR) is 98.8 cm³/mol. The number of rotatable bonds is 8. The number of hydrogen-bond acceptors (Lipinski definition) is 3. The van der Waals surface area contributed by atoms with Crippen LogP contribution < -0.4 is 0 Å². The van der Waals surface area contributed by atoms with Crippen LogP contribution in [0, 0.1) is 0 Å².